The molecule has 0 radical (unpaired) electrons. The average Bonchev–Trinajstić information content (AvgIpc) is 2.77. The number of rotatable bonds is 9. The van der Waals surface area contributed by atoms with Crippen LogP contribution in [0.2, 0.25) is 0 Å². The molecule has 1 amide bonds. The van der Waals surface area contributed by atoms with Gasteiger partial charge in [0, 0.05) is 37.6 Å². The van der Waals surface area contributed by atoms with Crippen molar-refractivity contribution in [3.63, 3.8) is 0 Å². The normalized spacial score (nSPS) is 18.2. The molecule has 1 aromatic carbocycles. The zero-order valence-electron chi connectivity index (χ0n) is 20.5. The van der Waals surface area contributed by atoms with E-state index < -0.39 is 0 Å². The summed E-state index contributed by atoms with van der Waals surface area (Å²) < 4.78 is 5.04. The standard InChI is InChI=1S/C24H36N6O2.2ClH/c1-15(2)21(25)27-19-8-5-6-9-20(19)29-22-17-14-16(3)10-11-18(17)28-23(30-22)24(31)26-12-7-13-32-4;;/h10-11,14-15,19-20H,5-9,12-13H2,1-4H3,(H2,25,27)(H,26,31)(H,28,29,30);2*1H/t19-,20+;;/m1../s1. The number of aromatic nitrogens is 2. The summed E-state index contributed by atoms with van der Waals surface area (Å²) in [6.07, 6.45) is 4.96. The quantitative estimate of drug-likeness (QED) is 0.262. The van der Waals surface area contributed by atoms with Crippen LogP contribution >= 0.6 is 24.8 Å². The monoisotopic (exact) mass is 512 g/mol. The Morgan fingerprint density at radius 2 is 1.97 bits per heavy atom. The van der Waals surface area contributed by atoms with Crippen molar-refractivity contribution < 1.29 is 9.53 Å². The summed E-state index contributed by atoms with van der Waals surface area (Å²) >= 11 is 0. The van der Waals surface area contributed by atoms with Crippen molar-refractivity contribution in [3.05, 3.63) is 29.6 Å². The number of ether oxygens (including phenoxy) is 1. The topological polar surface area (TPSA) is 115 Å². The number of anilines is 1. The number of carbonyl (C=O) groups is 1. The molecule has 3 rings (SSSR count). The van der Waals surface area contributed by atoms with E-state index in [-0.39, 0.29) is 54.5 Å². The van der Waals surface area contributed by atoms with Gasteiger partial charge in [0.2, 0.25) is 5.82 Å². The van der Waals surface area contributed by atoms with Gasteiger partial charge in [0.05, 0.1) is 17.4 Å². The number of nitrogens with one attached hydrogen (secondary N) is 2. The lowest BCUT2D eigenvalue weighted by molar-refractivity contribution is 0.0938. The number of halogens is 2. The first-order valence-corrected chi connectivity index (χ1v) is 11.5. The van der Waals surface area contributed by atoms with E-state index in [1.807, 2.05) is 19.1 Å². The second-order valence-electron chi connectivity index (χ2n) is 8.83. The summed E-state index contributed by atoms with van der Waals surface area (Å²) in [4.78, 5) is 26.7. The maximum atomic E-state index is 12.7. The largest absolute Gasteiger partial charge is 0.387 e. The Bertz CT molecular complexity index is 970. The fraction of sp³-hybridized carbons (Fsp3) is 0.583. The third kappa shape index (κ3) is 7.96. The van der Waals surface area contributed by atoms with Gasteiger partial charge in [-0.25, -0.2) is 9.97 Å². The molecular formula is C24H38Cl2N6O2. The second kappa shape index (κ2) is 14.3. The van der Waals surface area contributed by atoms with Gasteiger partial charge in [-0.3, -0.25) is 9.79 Å². The number of nitrogens with zero attached hydrogens (tertiary/aromatic N) is 3. The summed E-state index contributed by atoms with van der Waals surface area (Å²) in [6.45, 7) is 7.26. The number of aliphatic imine (C=N–C) groups is 1. The third-order valence-electron chi connectivity index (χ3n) is 5.82. The first kappa shape index (κ1) is 29.9. The number of hydrogen-bond acceptors (Lipinski definition) is 6. The van der Waals surface area contributed by atoms with E-state index in [0.29, 0.717) is 24.8 Å². The van der Waals surface area contributed by atoms with Crippen LogP contribution in [0.25, 0.3) is 10.9 Å². The number of benzene rings is 1. The molecule has 8 nitrogen and oxygen atoms in total. The van der Waals surface area contributed by atoms with Gasteiger partial charge in [0.25, 0.3) is 5.91 Å². The lowest BCUT2D eigenvalue weighted by Gasteiger charge is -2.31. The van der Waals surface area contributed by atoms with Crippen molar-refractivity contribution >= 4 is 53.3 Å². The third-order valence-corrected chi connectivity index (χ3v) is 5.82. The Balaban J connectivity index is 0.00000289. The molecule has 10 heteroatoms. The fourth-order valence-electron chi connectivity index (χ4n) is 3.90. The van der Waals surface area contributed by atoms with E-state index in [9.17, 15) is 4.79 Å². The average molecular weight is 514 g/mol. The Morgan fingerprint density at radius 1 is 1.24 bits per heavy atom. The molecule has 0 unspecified atom stereocenters. The zero-order chi connectivity index (χ0) is 23.1. The van der Waals surface area contributed by atoms with Crippen molar-refractivity contribution in [2.45, 2.75) is 65.0 Å². The van der Waals surface area contributed by atoms with Crippen LogP contribution in [0.1, 0.15) is 62.1 Å². The van der Waals surface area contributed by atoms with E-state index in [0.717, 1.165) is 48.6 Å². The van der Waals surface area contributed by atoms with Crippen LogP contribution in [0.4, 0.5) is 5.82 Å². The number of hydrogen-bond donors (Lipinski definition) is 3. The molecule has 1 aliphatic carbocycles. The van der Waals surface area contributed by atoms with Crippen LogP contribution in [0, 0.1) is 12.8 Å². The highest BCUT2D eigenvalue weighted by atomic mass is 35.5. The van der Waals surface area contributed by atoms with E-state index in [2.05, 4.69) is 40.5 Å². The molecule has 2 aromatic rings. The number of methoxy groups -OCH3 is 1. The fourth-order valence-corrected chi connectivity index (χ4v) is 3.90. The smallest absolute Gasteiger partial charge is 0.289 e. The van der Waals surface area contributed by atoms with Crippen molar-refractivity contribution in [2.24, 2.45) is 16.6 Å². The Kier molecular flexibility index (Phi) is 12.6. The maximum Gasteiger partial charge on any atom is 0.289 e. The first-order chi connectivity index (χ1) is 15.4. The molecule has 1 aromatic heterocycles. The summed E-state index contributed by atoms with van der Waals surface area (Å²) in [5.74, 6) is 1.46. The predicted molar refractivity (Wildman–Crippen MR) is 144 cm³/mol. The molecule has 1 heterocycles. The molecule has 1 saturated carbocycles. The molecule has 4 N–H and O–H groups in total. The highest BCUT2D eigenvalue weighted by Crippen LogP contribution is 2.28. The molecule has 2 atom stereocenters. The predicted octanol–water partition coefficient (Wildman–Crippen LogP) is 4.28. The molecule has 1 aliphatic rings. The highest BCUT2D eigenvalue weighted by molar-refractivity contribution is 5.96. The summed E-state index contributed by atoms with van der Waals surface area (Å²) in [6, 6.07) is 6.19. The summed E-state index contributed by atoms with van der Waals surface area (Å²) in [5, 5.41) is 7.39. The lowest BCUT2D eigenvalue weighted by atomic mass is 9.90. The van der Waals surface area contributed by atoms with Gasteiger partial charge < -0.3 is 21.1 Å². The highest BCUT2D eigenvalue weighted by Gasteiger charge is 2.27. The van der Waals surface area contributed by atoms with Gasteiger partial charge in [-0.2, -0.15) is 0 Å². The summed E-state index contributed by atoms with van der Waals surface area (Å²) in [5.41, 5.74) is 8.04. The van der Waals surface area contributed by atoms with Gasteiger partial charge in [0.15, 0.2) is 0 Å². The minimum absolute atomic E-state index is 0. The number of amidine groups is 1. The minimum Gasteiger partial charge on any atom is -0.387 e. The van der Waals surface area contributed by atoms with Gasteiger partial charge >= 0.3 is 0 Å². The number of fused-ring (bicyclic) bond motifs is 1. The van der Waals surface area contributed by atoms with Crippen LogP contribution < -0.4 is 16.4 Å². The van der Waals surface area contributed by atoms with Crippen LogP contribution in [0.15, 0.2) is 23.2 Å². The molecule has 0 spiro atoms. The molecule has 190 valence electrons. The van der Waals surface area contributed by atoms with Crippen molar-refractivity contribution in [2.75, 3.05) is 25.6 Å². The molecule has 0 saturated heterocycles. The van der Waals surface area contributed by atoms with Gasteiger partial charge in [0.1, 0.15) is 5.82 Å². The van der Waals surface area contributed by atoms with Crippen LogP contribution in [-0.2, 0) is 4.74 Å². The van der Waals surface area contributed by atoms with Gasteiger partial charge in [-0.05, 0) is 38.3 Å². The lowest BCUT2D eigenvalue weighted by Crippen LogP contribution is -2.38. The molecule has 34 heavy (non-hydrogen) atoms. The van der Waals surface area contributed by atoms with Crippen LogP contribution in [-0.4, -0.2) is 54.1 Å². The van der Waals surface area contributed by atoms with Crippen LogP contribution in [0.3, 0.4) is 0 Å². The van der Waals surface area contributed by atoms with Gasteiger partial charge in [-0.1, -0.05) is 38.3 Å². The zero-order valence-corrected chi connectivity index (χ0v) is 22.1. The second-order valence-corrected chi connectivity index (χ2v) is 8.83. The minimum atomic E-state index is -0.283. The van der Waals surface area contributed by atoms with Crippen molar-refractivity contribution in [1.29, 1.82) is 0 Å². The molecule has 1 fully saturated rings. The number of amides is 1. The van der Waals surface area contributed by atoms with E-state index in [1.165, 1.54) is 0 Å². The van der Waals surface area contributed by atoms with E-state index >= 15 is 0 Å². The van der Waals surface area contributed by atoms with Gasteiger partial charge in [-0.15, -0.1) is 24.8 Å². The number of carbonyl (C=O) groups excluding carboxylic acids is 1. The molecular weight excluding hydrogens is 475 g/mol. The number of nitrogens with two attached hydrogens (primary N) is 1. The molecule has 0 bridgehead atoms. The Morgan fingerprint density at radius 3 is 2.68 bits per heavy atom. The Labute approximate surface area is 214 Å². The van der Waals surface area contributed by atoms with Crippen LogP contribution in [0.5, 0.6) is 0 Å². The van der Waals surface area contributed by atoms with E-state index in [1.54, 1.807) is 7.11 Å². The summed E-state index contributed by atoms with van der Waals surface area (Å²) in [7, 11) is 1.64. The first-order valence-electron chi connectivity index (χ1n) is 11.5. The maximum absolute atomic E-state index is 12.7. The van der Waals surface area contributed by atoms with E-state index in [4.69, 9.17) is 15.5 Å². The Hall–Kier alpha value is -2.16. The molecule has 0 aliphatic heterocycles. The SMILES string of the molecule is COCCCNC(=O)c1nc(N[C@H]2CCCC[C@H]2N=C(N)C(C)C)c2cc(C)ccc2n1.Cl.Cl. The van der Waals surface area contributed by atoms with Crippen molar-refractivity contribution in [1.82, 2.24) is 15.3 Å². The van der Waals surface area contributed by atoms with Crippen molar-refractivity contribution in [3.8, 4) is 0 Å². The number of aryl methyl sites for hydroxylation is 1.